The molecule has 3 rings (SSSR count). The summed E-state index contributed by atoms with van der Waals surface area (Å²) in [5.41, 5.74) is 7.48. The van der Waals surface area contributed by atoms with E-state index in [2.05, 4.69) is 15.9 Å². The van der Waals surface area contributed by atoms with E-state index < -0.39 is 0 Å². The molecule has 0 aliphatic carbocycles. The van der Waals surface area contributed by atoms with Gasteiger partial charge in [-0.15, -0.1) is 0 Å². The van der Waals surface area contributed by atoms with Crippen molar-refractivity contribution in [2.24, 2.45) is 0 Å². The van der Waals surface area contributed by atoms with Crippen molar-refractivity contribution in [1.29, 1.82) is 0 Å². The summed E-state index contributed by atoms with van der Waals surface area (Å²) in [6, 6.07) is 10.4. The van der Waals surface area contributed by atoms with Gasteiger partial charge in [-0.05, 0) is 52.3 Å². The normalized spacial score (nSPS) is 13.6. The van der Waals surface area contributed by atoms with E-state index in [-0.39, 0.29) is 5.78 Å². The first-order chi connectivity index (χ1) is 10.1. The highest BCUT2D eigenvalue weighted by Gasteiger charge is 2.16. The molecule has 0 saturated heterocycles. The molecule has 2 N–H and O–H groups in total. The summed E-state index contributed by atoms with van der Waals surface area (Å²) in [5, 5.41) is 0. The number of nitrogens with two attached hydrogens (primary N) is 1. The van der Waals surface area contributed by atoms with Crippen molar-refractivity contribution in [2.45, 2.75) is 6.42 Å². The van der Waals surface area contributed by atoms with Crippen molar-refractivity contribution in [1.82, 2.24) is 0 Å². The number of rotatable bonds is 2. The van der Waals surface area contributed by atoms with E-state index in [0.29, 0.717) is 46.0 Å². The second-order valence-corrected chi connectivity index (χ2v) is 5.63. The van der Waals surface area contributed by atoms with E-state index in [4.69, 9.17) is 15.2 Å². The van der Waals surface area contributed by atoms with Gasteiger partial charge in [-0.3, -0.25) is 4.79 Å². The fraction of sp³-hybridized carbons (Fsp3) is 0.188. The zero-order valence-corrected chi connectivity index (χ0v) is 12.9. The molecule has 21 heavy (non-hydrogen) atoms. The van der Waals surface area contributed by atoms with Crippen LogP contribution in [0.3, 0.4) is 0 Å². The van der Waals surface area contributed by atoms with Gasteiger partial charge < -0.3 is 15.2 Å². The summed E-state index contributed by atoms with van der Waals surface area (Å²) in [6.45, 7) is 1.23. The van der Waals surface area contributed by atoms with Crippen molar-refractivity contribution in [3.63, 3.8) is 0 Å². The number of hydrogen-bond acceptors (Lipinski definition) is 4. The lowest BCUT2D eigenvalue weighted by molar-refractivity contribution is 0.103. The van der Waals surface area contributed by atoms with Crippen molar-refractivity contribution in [3.8, 4) is 11.5 Å². The Morgan fingerprint density at radius 1 is 1.00 bits per heavy atom. The third-order valence-corrected chi connectivity index (χ3v) is 3.96. The Hall–Kier alpha value is -2.01. The number of nitrogen functional groups attached to an aromatic ring is 1. The first-order valence-electron chi connectivity index (χ1n) is 6.64. The molecule has 0 unspecified atom stereocenters. The van der Waals surface area contributed by atoms with E-state index in [1.807, 2.05) is 0 Å². The van der Waals surface area contributed by atoms with Gasteiger partial charge in [0.05, 0.1) is 13.2 Å². The summed E-state index contributed by atoms with van der Waals surface area (Å²) in [5.74, 6) is 1.22. The van der Waals surface area contributed by atoms with Gasteiger partial charge in [0.15, 0.2) is 17.3 Å². The van der Waals surface area contributed by atoms with Crippen molar-refractivity contribution >= 4 is 27.4 Å². The molecule has 0 fully saturated rings. The Bertz CT molecular complexity index is 700. The Balaban J connectivity index is 1.94. The molecule has 108 valence electrons. The van der Waals surface area contributed by atoms with Gasteiger partial charge in [0, 0.05) is 27.7 Å². The van der Waals surface area contributed by atoms with Gasteiger partial charge in [-0.1, -0.05) is 0 Å². The number of anilines is 1. The van der Waals surface area contributed by atoms with Crippen LogP contribution in [0.25, 0.3) is 0 Å². The summed E-state index contributed by atoms with van der Waals surface area (Å²) in [7, 11) is 0. The average Bonchev–Trinajstić information content (AvgIpc) is 2.73. The molecular weight excluding hydrogens is 334 g/mol. The van der Waals surface area contributed by atoms with Crippen LogP contribution >= 0.6 is 15.9 Å². The highest BCUT2D eigenvalue weighted by molar-refractivity contribution is 9.10. The minimum atomic E-state index is -0.0775. The van der Waals surface area contributed by atoms with Gasteiger partial charge in [-0.25, -0.2) is 0 Å². The van der Waals surface area contributed by atoms with E-state index in [9.17, 15) is 4.79 Å². The van der Waals surface area contributed by atoms with Gasteiger partial charge in [0.1, 0.15) is 0 Å². The fourth-order valence-electron chi connectivity index (χ4n) is 2.14. The lowest BCUT2D eigenvalue weighted by Gasteiger charge is -2.09. The number of carbonyl (C=O) groups is 1. The van der Waals surface area contributed by atoms with Crippen molar-refractivity contribution < 1.29 is 14.3 Å². The molecule has 2 aromatic rings. The molecule has 0 atom stereocenters. The lowest BCUT2D eigenvalue weighted by atomic mass is 10.0. The smallest absolute Gasteiger partial charge is 0.193 e. The molecule has 1 heterocycles. The number of hydrogen-bond donors (Lipinski definition) is 1. The molecule has 0 spiro atoms. The van der Waals surface area contributed by atoms with E-state index in [1.165, 1.54) is 0 Å². The summed E-state index contributed by atoms with van der Waals surface area (Å²) < 4.78 is 11.9. The first-order valence-corrected chi connectivity index (χ1v) is 7.44. The van der Waals surface area contributed by atoms with Crippen LogP contribution in [0.2, 0.25) is 0 Å². The van der Waals surface area contributed by atoms with Crippen LogP contribution in [0.5, 0.6) is 11.5 Å². The fourth-order valence-corrected chi connectivity index (χ4v) is 2.52. The lowest BCUT2D eigenvalue weighted by Crippen LogP contribution is -2.03. The van der Waals surface area contributed by atoms with Crippen LogP contribution in [-0.4, -0.2) is 19.0 Å². The number of ketones is 1. The van der Waals surface area contributed by atoms with Gasteiger partial charge in [0.25, 0.3) is 0 Å². The zero-order valence-electron chi connectivity index (χ0n) is 11.3. The maximum absolute atomic E-state index is 12.5. The van der Waals surface area contributed by atoms with E-state index in [0.717, 1.165) is 6.42 Å². The molecule has 1 aliphatic heterocycles. The second kappa shape index (κ2) is 5.77. The van der Waals surface area contributed by atoms with Gasteiger partial charge in [-0.2, -0.15) is 0 Å². The summed E-state index contributed by atoms with van der Waals surface area (Å²) in [6.07, 6.45) is 0.836. The number of fused-ring (bicyclic) bond motifs is 1. The highest BCUT2D eigenvalue weighted by Crippen LogP contribution is 2.31. The van der Waals surface area contributed by atoms with Gasteiger partial charge >= 0.3 is 0 Å². The predicted octanol–water partition coefficient (Wildman–Crippen LogP) is 3.42. The quantitative estimate of drug-likeness (QED) is 0.667. The Morgan fingerprint density at radius 3 is 2.43 bits per heavy atom. The van der Waals surface area contributed by atoms with E-state index in [1.54, 1.807) is 36.4 Å². The molecule has 0 saturated carbocycles. The predicted molar refractivity (Wildman–Crippen MR) is 84.0 cm³/mol. The molecule has 0 amide bonds. The highest BCUT2D eigenvalue weighted by atomic mass is 79.9. The molecule has 4 nitrogen and oxygen atoms in total. The van der Waals surface area contributed by atoms with Crippen LogP contribution in [0.1, 0.15) is 22.3 Å². The number of carbonyl (C=O) groups excluding carboxylic acids is 1. The number of ether oxygens (including phenoxy) is 2. The summed E-state index contributed by atoms with van der Waals surface area (Å²) in [4.78, 5) is 12.5. The standard InChI is InChI=1S/C16H14BrNO3/c17-12-8-10(2-4-13(12)18)16(19)11-3-5-14-15(9-11)21-7-1-6-20-14/h2-5,8-9H,1,6-7,18H2. The Kier molecular flexibility index (Phi) is 3.84. The van der Waals surface area contributed by atoms with Gasteiger partial charge in [0.2, 0.25) is 0 Å². The third-order valence-electron chi connectivity index (χ3n) is 3.27. The average molecular weight is 348 g/mol. The van der Waals surface area contributed by atoms with Crippen LogP contribution in [0.15, 0.2) is 40.9 Å². The van der Waals surface area contributed by atoms with Crippen LogP contribution in [0, 0.1) is 0 Å². The van der Waals surface area contributed by atoms with Crippen molar-refractivity contribution in [2.75, 3.05) is 18.9 Å². The number of benzene rings is 2. The molecule has 1 aliphatic rings. The molecule has 0 bridgehead atoms. The van der Waals surface area contributed by atoms with Crippen LogP contribution in [-0.2, 0) is 0 Å². The third kappa shape index (κ3) is 2.88. The first kappa shape index (κ1) is 13.9. The zero-order chi connectivity index (χ0) is 14.8. The maximum atomic E-state index is 12.5. The molecule has 0 aromatic heterocycles. The molecule has 5 heteroatoms. The minimum Gasteiger partial charge on any atom is -0.490 e. The minimum absolute atomic E-state index is 0.0775. The SMILES string of the molecule is Nc1ccc(C(=O)c2ccc3c(c2)OCCCO3)cc1Br. The maximum Gasteiger partial charge on any atom is 0.193 e. The number of halogens is 1. The second-order valence-electron chi connectivity index (χ2n) is 4.78. The van der Waals surface area contributed by atoms with Crippen LogP contribution in [0.4, 0.5) is 5.69 Å². The Labute approximate surface area is 131 Å². The topological polar surface area (TPSA) is 61.6 Å². The molecule has 2 aromatic carbocycles. The van der Waals surface area contributed by atoms with E-state index >= 15 is 0 Å². The van der Waals surface area contributed by atoms with Crippen LogP contribution < -0.4 is 15.2 Å². The molecular formula is C16H14BrNO3. The van der Waals surface area contributed by atoms with Crippen molar-refractivity contribution in [3.05, 3.63) is 52.0 Å². The largest absolute Gasteiger partial charge is 0.490 e. The monoisotopic (exact) mass is 347 g/mol. The molecule has 0 radical (unpaired) electrons. The Morgan fingerprint density at radius 2 is 1.67 bits per heavy atom. The summed E-state index contributed by atoms with van der Waals surface area (Å²) >= 11 is 3.34.